The van der Waals surface area contributed by atoms with E-state index in [0.717, 1.165) is 24.3 Å². The Morgan fingerprint density at radius 2 is 1.81 bits per heavy atom. The highest BCUT2D eigenvalue weighted by molar-refractivity contribution is 8.00. The molecule has 1 unspecified atom stereocenters. The molecule has 0 aliphatic carbocycles. The third-order valence-corrected chi connectivity index (χ3v) is 3.88. The lowest BCUT2D eigenvalue weighted by molar-refractivity contribution is -0.384. The minimum absolute atomic E-state index is 0.274. The Morgan fingerprint density at radius 3 is 2.19 bits per heavy atom. The Balaban J connectivity index is 3.07. The maximum Gasteiger partial charge on any atom is 0.269 e. The Kier molecular flexibility index (Phi) is 3.70. The zero-order chi connectivity index (χ0) is 12.3. The molecule has 2 N–H and O–H groups in total. The molecule has 0 aromatic heterocycles. The first-order chi connectivity index (χ1) is 7.33. The smallest absolute Gasteiger partial charge is 0.269 e. The fourth-order valence-electron chi connectivity index (χ4n) is 0.889. The monoisotopic (exact) mass is 266 g/mol. The van der Waals surface area contributed by atoms with Gasteiger partial charge in [0.1, 0.15) is 0 Å². The van der Waals surface area contributed by atoms with Gasteiger partial charge in [0, 0.05) is 12.1 Å². The van der Waals surface area contributed by atoms with Gasteiger partial charge < -0.3 is 0 Å². The van der Waals surface area contributed by atoms with Gasteiger partial charge in [0.05, 0.1) is 9.82 Å². The van der Waals surface area contributed by atoms with E-state index in [1.54, 1.807) is 0 Å². The Bertz CT molecular complexity index is 522. The molecule has 0 fully saturated rings. The number of nitrogens with one attached hydrogen (secondary N) is 1. The first-order valence-corrected chi connectivity index (χ1v) is 6.29. The van der Waals surface area contributed by atoms with Crippen molar-refractivity contribution >= 4 is 27.0 Å². The summed E-state index contributed by atoms with van der Waals surface area (Å²) in [6, 6.07) is 3.89. The average Bonchev–Trinajstić information content (AvgIpc) is 2.16. The van der Waals surface area contributed by atoms with Crippen LogP contribution < -0.4 is 4.13 Å². The summed E-state index contributed by atoms with van der Waals surface area (Å²) in [6.07, 6.45) is 0. The van der Waals surface area contributed by atoms with Crippen molar-refractivity contribution in [3.8, 4) is 0 Å². The normalized spacial score (nSPS) is 13.3. The first kappa shape index (κ1) is 12.7. The van der Waals surface area contributed by atoms with Crippen LogP contribution in [0.5, 0.6) is 0 Å². The summed E-state index contributed by atoms with van der Waals surface area (Å²) in [4.78, 5) is 9.27. The summed E-state index contributed by atoms with van der Waals surface area (Å²) < 4.78 is 42.6. The molecule has 16 heavy (non-hydrogen) atoms. The number of sulfonamides is 1. The second-order valence-corrected chi connectivity index (χ2v) is 5.23. The molecule has 8 nitrogen and oxygen atoms in total. The maximum atomic E-state index is 11.3. The SMILES string of the molecule is O=[N+]([O-])c1ccc(S(=O)(=O)NS(=O)O)cc1. The lowest BCUT2D eigenvalue weighted by Gasteiger charge is -2.01. The van der Waals surface area contributed by atoms with Crippen molar-refractivity contribution in [1.29, 1.82) is 0 Å². The topological polar surface area (TPSA) is 127 Å². The van der Waals surface area contributed by atoms with Crippen LogP contribution in [0.15, 0.2) is 29.2 Å². The number of hydrogen-bond acceptors (Lipinski definition) is 5. The van der Waals surface area contributed by atoms with E-state index in [2.05, 4.69) is 0 Å². The zero-order valence-electron chi connectivity index (χ0n) is 7.56. The summed E-state index contributed by atoms with van der Waals surface area (Å²) in [5, 5.41) is 10.3. The highest BCUT2D eigenvalue weighted by Crippen LogP contribution is 2.15. The largest absolute Gasteiger partial charge is 0.293 e. The van der Waals surface area contributed by atoms with Crippen LogP contribution in [0.2, 0.25) is 0 Å². The molecule has 0 radical (unpaired) electrons. The van der Waals surface area contributed by atoms with Crippen LogP contribution in [0.4, 0.5) is 5.69 Å². The molecule has 0 bridgehead atoms. The molecule has 0 heterocycles. The summed E-state index contributed by atoms with van der Waals surface area (Å²) in [7, 11) is -4.12. The quantitative estimate of drug-likeness (QED) is 0.449. The Hall–Kier alpha value is -1.36. The molecule has 1 aromatic rings. The lowest BCUT2D eigenvalue weighted by atomic mass is 10.3. The molecule has 10 heteroatoms. The van der Waals surface area contributed by atoms with Gasteiger partial charge in [-0.2, -0.15) is 0 Å². The number of benzene rings is 1. The number of non-ortho nitro benzene ring substituents is 1. The molecule has 0 saturated carbocycles. The molecule has 0 amide bonds. The van der Waals surface area contributed by atoms with Gasteiger partial charge in [-0.05, 0) is 12.1 Å². The van der Waals surface area contributed by atoms with Crippen molar-refractivity contribution in [2.45, 2.75) is 4.90 Å². The van der Waals surface area contributed by atoms with Crippen LogP contribution in [-0.4, -0.2) is 22.1 Å². The standard InChI is InChI=1S/C6H6N2O6S2/c9-8(10)5-1-3-6(4-2-5)16(13,14)7-15(11)12/h1-4,7H,(H,11,12). The van der Waals surface area contributed by atoms with Gasteiger partial charge in [0.15, 0.2) is 0 Å². The molecule has 88 valence electrons. The van der Waals surface area contributed by atoms with Crippen molar-refractivity contribution in [3.05, 3.63) is 34.4 Å². The summed E-state index contributed by atoms with van der Waals surface area (Å²) in [6.45, 7) is 0. The minimum atomic E-state index is -4.12. The van der Waals surface area contributed by atoms with E-state index in [-0.39, 0.29) is 10.6 Å². The van der Waals surface area contributed by atoms with E-state index in [9.17, 15) is 22.7 Å². The maximum absolute atomic E-state index is 11.3. The molecule has 0 aliphatic heterocycles. The summed E-state index contributed by atoms with van der Waals surface area (Å²) >= 11 is -2.72. The van der Waals surface area contributed by atoms with Crippen molar-refractivity contribution in [3.63, 3.8) is 0 Å². The van der Waals surface area contributed by atoms with Crippen molar-refractivity contribution in [2.75, 3.05) is 0 Å². The zero-order valence-corrected chi connectivity index (χ0v) is 9.19. The third kappa shape index (κ3) is 3.06. The Labute approximate surface area is 92.9 Å². The minimum Gasteiger partial charge on any atom is -0.293 e. The molecule has 1 atom stereocenters. The van der Waals surface area contributed by atoms with Gasteiger partial charge in [0.2, 0.25) is 11.3 Å². The van der Waals surface area contributed by atoms with Crippen LogP contribution in [0.25, 0.3) is 0 Å². The molecule has 1 aromatic carbocycles. The van der Waals surface area contributed by atoms with Crippen LogP contribution in [0.1, 0.15) is 0 Å². The molecule has 0 spiro atoms. The predicted molar refractivity (Wildman–Crippen MR) is 54.2 cm³/mol. The second-order valence-electron chi connectivity index (χ2n) is 2.59. The molecular weight excluding hydrogens is 260 g/mol. The fourth-order valence-corrected chi connectivity index (χ4v) is 2.52. The van der Waals surface area contributed by atoms with Crippen molar-refractivity contribution < 1.29 is 22.1 Å². The molecular formula is C6H6N2O6S2. The summed E-state index contributed by atoms with van der Waals surface area (Å²) in [5.74, 6) is 0. The first-order valence-electron chi connectivity index (χ1n) is 3.71. The number of rotatable bonds is 4. The van der Waals surface area contributed by atoms with Crippen molar-refractivity contribution in [1.82, 2.24) is 4.13 Å². The van der Waals surface area contributed by atoms with Gasteiger partial charge in [-0.15, -0.1) is 4.13 Å². The molecule has 0 saturated heterocycles. The second kappa shape index (κ2) is 4.65. The summed E-state index contributed by atoms with van der Waals surface area (Å²) in [5.41, 5.74) is -0.274. The van der Waals surface area contributed by atoms with E-state index in [1.165, 1.54) is 4.13 Å². The van der Waals surface area contributed by atoms with E-state index in [4.69, 9.17) is 4.55 Å². The van der Waals surface area contributed by atoms with E-state index in [0.29, 0.717) is 0 Å². The van der Waals surface area contributed by atoms with Gasteiger partial charge in [-0.1, -0.05) is 0 Å². The fraction of sp³-hybridized carbons (Fsp3) is 0. The highest BCUT2D eigenvalue weighted by Gasteiger charge is 2.17. The third-order valence-electron chi connectivity index (χ3n) is 1.54. The van der Waals surface area contributed by atoms with Crippen LogP contribution in [0, 0.1) is 10.1 Å². The predicted octanol–water partition coefficient (Wildman–Crippen LogP) is 0.00980. The van der Waals surface area contributed by atoms with Crippen LogP contribution >= 0.6 is 0 Å². The van der Waals surface area contributed by atoms with Gasteiger partial charge >= 0.3 is 0 Å². The van der Waals surface area contributed by atoms with Crippen LogP contribution in [0.3, 0.4) is 0 Å². The van der Waals surface area contributed by atoms with Crippen LogP contribution in [-0.2, 0) is 21.3 Å². The van der Waals surface area contributed by atoms with E-state index >= 15 is 0 Å². The highest BCUT2D eigenvalue weighted by atomic mass is 32.3. The van der Waals surface area contributed by atoms with Gasteiger partial charge in [-0.25, -0.2) is 12.6 Å². The lowest BCUT2D eigenvalue weighted by Crippen LogP contribution is -2.25. The number of nitrogens with zero attached hydrogens (tertiary/aromatic N) is 1. The average molecular weight is 266 g/mol. The number of hydrogen-bond donors (Lipinski definition) is 2. The molecule has 0 aliphatic rings. The van der Waals surface area contributed by atoms with Crippen molar-refractivity contribution in [2.24, 2.45) is 0 Å². The van der Waals surface area contributed by atoms with Gasteiger partial charge in [0.25, 0.3) is 15.7 Å². The van der Waals surface area contributed by atoms with Gasteiger partial charge in [-0.3, -0.25) is 14.7 Å². The Morgan fingerprint density at radius 1 is 1.31 bits per heavy atom. The van der Waals surface area contributed by atoms with E-state index in [1.807, 2.05) is 0 Å². The number of nitro benzene ring substituents is 1. The van der Waals surface area contributed by atoms with E-state index < -0.39 is 26.2 Å². The molecule has 1 rings (SSSR count). The number of nitro groups is 1.